The number of anilines is 1. The Balaban J connectivity index is 1.34. The van der Waals surface area contributed by atoms with Crippen molar-refractivity contribution in [3.8, 4) is 5.75 Å². The molecule has 44 heavy (non-hydrogen) atoms. The van der Waals surface area contributed by atoms with Gasteiger partial charge in [-0.2, -0.15) is 0 Å². The second-order valence-corrected chi connectivity index (χ2v) is 15.8. The van der Waals surface area contributed by atoms with Crippen LogP contribution in [0.15, 0.2) is 61.7 Å². The average Bonchev–Trinajstić information content (AvgIpc) is 3.12. The Morgan fingerprint density at radius 1 is 1.20 bits per heavy atom. The first-order chi connectivity index (χ1) is 21.0. The lowest BCUT2D eigenvalue weighted by Crippen LogP contribution is -2.52. The van der Waals surface area contributed by atoms with Crippen molar-refractivity contribution in [3.05, 3.63) is 83.4 Å². The van der Waals surface area contributed by atoms with Crippen LogP contribution in [0.3, 0.4) is 0 Å². The molecule has 6 atom stereocenters. The van der Waals surface area contributed by atoms with Gasteiger partial charge in [-0.05, 0) is 91.3 Å². The summed E-state index contributed by atoms with van der Waals surface area (Å²) < 4.78 is 28.2. The van der Waals surface area contributed by atoms with Crippen LogP contribution in [0.5, 0.6) is 5.75 Å². The molecule has 236 valence electrons. The van der Waals surface area contributed by atoms with Gasteiger partial charge in [-0.25, -0.2) is 4.21 Å². The Morgan fingerprint density at radius 3 is 2.80 bits per heavy atom. The number of amides is 1. The molecule has 1 saturated heterocycles. The molecular weight excluding hydrogens is 596 g/mol. The van der Waals surface area contributed by atoms with E-state index in [4.69, 9.17) is 21.1 Å². The lowest BCUT2D eigenvalue weighted by molar-refractivity contribution is -0.125. The molecule has 2 aliphatic heterocycles. The highest BCUT2D eigenvalue weighted by atomic mass is 35.5. The maximum absolute atomic E-state index is 13.3. The first kappa shape index (κ1) is 31.2. The van der Waals surface area contributed by atoms with Crippen LogP contribution in [0.2, 0.25) is 5.02 Å². The predicted octanol–water partition coefficient (Wildman–Crippen LogP) is 5.48. The van der Waals surface area contributed by atoms with Crippen molar-refractivity contribution in [2.24, 2.45) is 11.8 Å². The van der Waals surface area contributed by atoms with Crippen LogP contribution in [0.25, 0.3) is 0 Å². The SMILES string of the molecule is C=CCS(=C)(=O)NC(=O)c1ccc2c(c1)N(C[C@@H]1CC[C@H]1[C@H]1C[C@@](O)(C=C)CCO1)C[C@@]1(CCCc3cc(Cl)ccc31)CO2. The van der Waals surface area contributed by atoms with Crippen molar-refractivity contribution >= 4 is 38.8 Å². The van der Waals surface area contributed by atoms with Crippen LogP contribution < -0.4 is 14.4 Å². The number of rotatable bonds is 8. The fourth-order valence-electron chi connectivity index (χ4n) is 7.67. The molecule has 1 spiro atoms. The summed E-state index contributed by atoms with van der Waals surface area (Å²) in [7, 11) is -2.84. The van der Waals surface area contributed by atoms with Crippen LogP contribution in [-0.2, 0) is 26.3 Å². The zero-order valence-corrected chi connectivity index (χ0v) is 26.8. The number of nitrogens with zero attached hydrogens (tertiary/aromatic N) is 1. The van der Waals surface area contributed by atoms with Gasteiger partial charge in [0, 0.05) is 41.9 Å². The van der Waals surface area contributed by atoms with Crippen molar-refractivity contribution in [1.29, 1.82) is 0 Å². The minimum atomic E-state index is -2.84. The van der Waals surface area contributed by atoms with E-state index < -0.39 is 21.2 Å². The zero-order chi connectivity index (χ0) is 31.1. The molecule has 2 aromatic carbocycles. The van der Waals surface area contributed by atoms with E-state index in [9.17, 15) is 14.1 Å². The van der Waals surface area contributed by atoms with Crippen LogP contribution >= 0.6 is 11.6 Å². The number of ether oxygens (including phenoxy) is 2. The lowest BCUT2D eigenvalue weighted by Gasteiger charge is -2.48. The highest BCUT2D eigenvalue weighted by Gasteiger charge is 2.46. The molecule has 1 unspecified atom stereocenters. The van der Waals surface area contributed by atoms with Crippen molar-refractivity contribution in [2.45, 2.75) is 62.1 Å². The Hall–Kier alpha value is -2.78. The number of carbonyl (C=O) groups is 1. The van der Waals surface area contributed by atoms with Gasteiger partial charge in [-0.1, -0.05) is 29.8 Å². The van der Waals surface area contributed by atoms with Gasteiger partial charge >= 0.3 is 0 Å². The number of halogens is 1. The topological polar surface area (TPSA) is 88.1 Å². The average molecular weight is 639 g/mol. The third-order valence-corrected chi connectivity index (χ3v) is 11.7. The maximum Gasteiger partial charge on any atom is 0.262 e. The minimum Gasteiger partial charge on any atom is -0.490 e. The predicted molar refractivity (Wildman–Crippen MR) is 178 cm³/mol. The van der Waals surface area contributed by atoms with E-state index in [0.717, 1.165) is 61.7 Å². The summed E-state index contributed by atoms with van der Waals surface area (Å²) in [6.45, 7) is 10.1. The van der Waals surface area contributed by atoms with Gasteiger partial charge in [0.15, 0.2) is 0 Å². The molecule has 6 rings (SSSR count). The van der Waals surface area contributed by atoms with E-state index >= 15 is 0 Å². The lowest BCUT2D eigenvalue weighted by atomic mass is 9.67. The molecule has 0 bridgehead atoms. The van der Waals surface area contributed by atoms with Gasteiger partial charge in [-0.15, -0.1) is 13.2 Å². The molecule has 2 heterocycles. The molecule has 2 fully saturated rings. The molecular formula is C35H43ClN2O5S. The summed E-state index contributed by atoms with van der Waals surface area (Å²) in [6.07, 6.45) is 9.41. The second kappa shape index (κ2) is 12.2. The normalized spacial score (nSPS) is 30.9. The van der Waals surface area contributed by atoms with Crippen molar-refractivity contribution < 1.29 is 23.6 Å². The van der Waals surface area contributed by atoms with E-state index in [0.29, 0.717) is 43.5 Å². The molecule has 0 radical (unpaired) electrons. The van der Waals surface area contributed by atoms with Crippen LogP contribution in [0, 0.1) is 11.8 Å². The van der Waals surface area contributed by atoms with Gasteiger partial charge in [0.1, 0.15) is 5.75 Å². The Kier molecular flexibility index (Phi) is 8.65. The van der Waals surface area contributed by atoms with Gasteiger partial charge in [0.25, 0.3) is 5.91 Å². The number of carbonyl (C=O) groups excluding carboxylic acids is 1. The summed E-state index contributed by atoms with van der Waals surface area (Å²) >= 11 is 6.42. The third kappa shape index (κ3) is 6.19. The summed E-state index contributed by atoms with van der Waals surface area (Å²) in [5.74, 6) is 4.76. The first-order valence-corrected chi connectivity index (χ1v) is 17.9. The second-order valence-electron chi connectivity index (χ2n) is 13.2. The van der Waals surface area contributed by atoms with Crippen molar-refractivity contribution in [1.82, 2.24) is 4.72 Å². The van der Waals surface area contributed by atoms with E-state index in [1.54, 1.807) is 12.1 Å². The molecule has 9 heteroatoms. The van der Waals surface area contributed by atoms with Gasteiger partial charge in [0.2, 0.25) is 0 Å². The van der Waals surface area contributed by atoms with Gasteiger partial charge in [-0.3, -0.25) is 9.52 Å². The minimum absolute atomic E-state index is 0.0214. The smallest absolute Gasteiger partial charge is 0.262 e. The summed E-state index contributed by atoms with van der Waals surface area (Å²) in [5.41, 5.74) is 2.68. The number of benzene rings is 2. The zero-order valence-electron chi connectivity index (χ0n) is 25.3. The Labute approximate surface area is 266 Å². The highest BCUT2D eigenvalue weighted by Crippen LogP contribution is 2.48. The third-order valence-electron chi connectivity index (χ3n) is 10.2. The van der Waals surface area contributed by atoms with Crippen LogP contribution in [0.4, 0.5) is 5.69 Å². The standard InChI is InChI=1S/C35H43ClN2O5S/c1-4-17-44(3,41)37-33(39)25-9-13-31-30(19-25)38(21-26-8-11-28(26)32-20-35(40,5-2)15-16-42-32)22-34(23-43-31)14-6-7-24-18-27(36)10-12-29(24)34/h4-5,9-10,12-13,18-19,26,28,32,40H,1-3,6-8,11,14-17,20-23H2,(H,37,39,41)/t26-,28+,32+,34-,35+,44?/m0/s1. The molecule has 1 amide bonds. The number of nitrogens with one attached hydrogen (secondary N) is 1. The van der Waals surface area contributed by atoms with Gasteiger partial charge in [0.05, 0.1) is 46.1 Å². The summed E-state index contributed by atoms with van der Waals surface area (Å²) in [5, 5.41) is 11.7. The van der Waals surface area contributed by atoms with Crippen LogP contribution in [0.1, 0.15) is 60.0 Å². The van der Waals surface area contributed by atoms with Crippen molar-refractivity contribution in [2.75, 3.05) is 37.0 Å². The Morgan fingerprint density at radius 2 is 2.05 bits per heavy atom. The molecule has 2 aromatic rings. The highest BCUT2D eigenvalue weighted by molar-refractivity contribution is 7.99. The van der Waals surface area contributed by atoms with E-state index in [1.165, 1.54) is 17.2 Å². The quantitative estimate of drug-likeness (QED) is 0.294. The van der Waals surface area contributed by atoms with E-state index in [1.807, 2.05) is 18.2 Å². The number of fused-ring (bicyclic) bond motifs is 3. The fourth-order valence-corrected chi connectivity index (χ4v) is 8.78. The molecule has 4 aliphatic rings. The molecule has 7 nitrogen and oxygen atoms in total. The summed E-state index contributed by atoms with van der Waals surface area (Å²) in [6, 6.07) is 11.7. The molecule has 2 aliphatic carbocycles. The Bertz CT molecular complexity index is 1560. The molecule has 2 N–H and O–H groups in total. The van der Waals surface area contributed by atoms with E-state index in [-0.39, 0.29) is 17.3 Å². The molecule has 0 aromatic heterocycles. The van der Waals surface area contributed by atoms with E-state index in [2.05, 4.69) is 40.8 Å². The fraction of sp³-hybridized carbons (Fsp3) is 0.486. The largest absolute Gasteiger partial charge is 0.490 e. The number of aryl methyl sites for hydroxylation is 1. The van der Waals surface area contributed by atoms with Crippen LogP contribution in [-0.4, -0.2) is 64.9 Å². The number of hydrogen-bond acceptors (Lipinski definition) is 6. The van der Waals surface area contributed by atoms with Crippen molar-refractivity contribution in [3.63, 3.8) is 0 Å². The summed E-state index contributed by atoms with van der Waals surface area (Å²) in [4.78, 5) is 15.7. The number of hydrogen-bond donors (Lipinski definition) is 2. The maximum atomic E-state index is 13.3. The monoisotopic (exact) mass is 638 g/mol. The molecule has 1 saturated carbocycles. The number of aliphatic hydroxyl groups is 1. The van der Waals surface area contributed by atoms with Gasteiger partial charge < -0.3 is 19.5 Å². The first-order valence-electron chi connectivity index (χ1n) is 15.6.